The maximum absolute atomic E-state index is 12.7. The predicted molar refractivity (Wildman–Crippen MR) is 100 cm³/mol. The minimum Gasteiger partial charge on any atom is -0.459 e. The third-order valence-electron chi connectivity index (χ3n) is 4.38. The Morgan fingerprint density at radius 3 is 2.44 bits per heavy atom. The van der Waals surface area contributed by atoms with Crippen LogP contribution in [0, 0.1) is 5.92 Å². The third-order valence-corrected chi connectivity index (χ3v) is 4.38. The molecule has 0 aliphatic rings. The van der Waals surface area contributed by atoms with Crippen LogP contribution < -0.4 is 16.3 Å². The van der Waals surface area contributed by atoms with E-state index in [4.69, 9.17) is 4.42 Å². The Balaban J connectivity index is 1.71. The van der Waals surface area contributed by atoms with Gasteiger partial charge < -0.3 is 25.0 Å². The van der Waals surface area contributed by atoms with Crippen molar-refractivity contribution in [3.05, 3.63) is 58.4 Å². The highest BCUT2D eigenvalue weighted by atomic mass is 16.3. The molecular weight excluding hydrogens is 348 g/mol. The summed E-state index contributed by atoms with van der Waals surface area (Å²) in [6.07, 6.45) is 1.41. The second-order valence-electron chi connectivity index (χ2n) is 6.79. The minimum atomic E-state index is -0.708. The van der Waals surface area contributed by atoms with E-state index in [2.05, 4.69) is 20.6 Å². The van der Waals surface area contributed by atoms with E-state index >= 15 is 0 Å². The van der Waals surface area contributed by atoms with Gasteiger partial charge in [0.1, 0.15) is 6.04 Å². The maximum Gasteiger partial charge on any atom is 0.323 e. The van der Waals surface area contributed by atoms with Gasteiger partial charge in [0.05, 0.1) is 23.3 Å². The zero-order valence-corrected chi connectivity index (χ0v) is 15.3. The quantitative estimate of drug-likeness (QED) is 0.531. The summed E-state index contributed by atoms with van der Waals surface area (Å²) in [5.41, 5.74) is 1.93. The summed E-state index contributed by atoms with van der Waals surface area (Å²) in [6.45, 7) is 5.55. The molecule has 0 saturated heterocycles. The molecule has 0 aliphatic carbocycles. The van der Waals surface area contributed by atoms with Crippen molar-refractivity contribution in [2.45, 2.75) is 32.9 Å². The second kappa shape index (κ2) is 7.53. The number of carbonyl (C=O) groups excluding carboxylic acids is 2. The number of carbonyl (C=O) groups is 2. The molecule has 2 aromatic heterocycles. The molecule has 2 heterocycles. The van der Waals surface area contributed by atoms with Crippen LogP contribution in [0.15, 0.2) is 45.8 Å². The zero-order chi connectivity index (χ0) is 19.6. The fourth-order valence-corrected chi connectivity index (χ4v) is 2.86. The van der Waals surface area contributed by atoms with Gasteiger partial charge in [0.2, 0.25) is 5.91 Å². The summed E-state index contributed by atoms with van der Waals surface area (Å²) in [5.74, 6) is -0.684. The Hall–Kier alpha value is -3.29. The van der Waals surface area contributed by atoms with Crippen LogP contribution in [0.3, 0.4) is 0 Å². The molecule has 2 amide bonds. The van der Waals surface area contributed by atoms with E-state index < -0.39 is 11.9 Å². The predicted octanol–water partition coefficient (Wildman–Crippen LogP) is 2.08. The highest BCUT2D eigenvalue weighted by Gasteiger charge is 2.26. The van der Waals surface area contributed by atoms with Crippen LogP contribution in [0.4, 0.5) is 0 Å². The molecule has 3 aromatic rings. The average Bonchev–Trinajstić information content (AvgIpc) is 3.26. The van der Waals surface area contributed by atoms with E-state index in [0.29, 0.717) is 11.0 Å². The van der Waals surface area contributed by atoms with Crippen molar-refractivity contribution < 1.29 is 14.0 Å². The molecule has 0 radical (unpaired) electrons. The van der Waals surface area contributed by atoms with Gasteiger partial charge in [-0.3, -0.25) is 9.59 Å². The van der Waals surface area contributed by atoms with Crippen molar-refractivity contribution >= 4 is 22.8 Å². The average molecular weight is 370 g/mol. The number of hydrogen-bond acceptors (Lipinski definition) is 4. The fraction of sp³-hybridized carbons (Fsp3) is 0.316. The molecule has 1 aromatic carbocycles. The lowest BCUT2D eigenvalue weighted by Gasteiger charge is -2.24. The summed E-state index contributed by atoms with van der Waals surface area (Å²) in [7, 11) is 0. The summed E-state index contributed by atoms with van der Waals surface area (Å²) >= 11 is 0. The van der Waals surface area contributed by atoms with Gasteiger partial charge in [-0.1, -0.05) is 19.9 Å². The summed E-state index contributed by atoms with van der Waals surface area (Å²) in [5, 5.41) is 5.62. The molecule has 0 spiro atoms. The van der Waals surface area contributed by atoms with Gasteiger partial charge >= 0.3 is 5.69 Å². The maximum atomic E-state index is 12.7. The molecule has 27 heavy (non-hydrogen) atoms. The summed E-state index contributed by atoms with van der Waals surface area (Å²) in [4.78, 5) is 41.7. The van der Waals surface area contributed by atoms with Crippen molar-refractivity contribution in [2.75, 3.05) is 0 Å². The van der Waals surface area contributed by atoms with E-state index in [-0.39, 0.29) is 29.3 Å². The van der Waals surface area contributed by atoms with Gasteiger partial charge in [0.25, 0.3) is 5.91 Å². The van der Waals surface area contributed by atoms with Crippen molar-refractivity contribution in [1.29, 1.82) is 0 Å². The smallest absolute Gasteiger partial charge is 0.323 e. The molecule has 0 aliphatic heterocycles. The number of imidazole rings is 1. The van der Waals surface area contributed by atoms with Gasteiger partial charge in [0.15, 0.2) is 5.76 Å². The second-order valence-corrected chi connectivity index (χ2v) is 6.79. The summed E-state index contributed by atoms with van der Waals surface area (Å²) in [6, 6.07) is 7.57. The van der Waals surface area contributed by atoms with Gasteiger partial charge in [0, 0.05) is 0 Å². The molecule has 0 saturated carbocycles. The number of H-pyrrole nitrogens is 2. The van der Waals surface area contributed by atoms with Gasteiger partial charge in [-0.25, -0.2) is 4.79 Å². The van der Waals surface area contributed by atoms with E-state index in [1.807, 2.05) is 32.9 Å². The molecule has 8 nitrogen and oxygen atoms in total. The van der Waals surface area contributed by atoms with Crippen LogP contribution in [-0.4, -0.2) is 27.8 Å². The van der Waals surface area contributed by atoms with Gasteiger partial charge in [-0.05, 0) is 42.7 Å². The minimum absolute atomic E-state index is 0.111. The molecule has 0 unspecified atom stereocenters. The first-order valence-corrected chi connectivity index (χ1v) is 8.72. The molecular formula is C19H22N4O4. The Morgan fingerprint density at radius 2 is 1.78 bits per heavy atom. The number of rotatable bonds is 6. The van der Waals surface area contributed by atoms with Crippen molar-refractivity contribution in [3.8, 4) is 0 Å². The molecule has 0 fully saturated rings. The topological polar surface area (TPSA) is 120 Å². The number of hydrogen-bond donors (Lipinski definition) is 4. The fourth-order valence-electron chi connectivity index (χ4n) is 2.86. The zero-order valence-electron chi connectivity index (χ0n) is 15.3. The molecule has 2 atom stereocenters. The monoisotopic (exact) mass is 370 g/mol. The van der Waals surface area contributed by atoms with Gasteiger partial charge in [-0.2, -0.15) is 0 Å². The SMILES string of the molecule is CC(C)[C@@H](NC(=O)c1ccco1)C(=O)N[C@H](C)c1ccc2[nH]c(=O)[nH]c2c1. The number of amides is 2. The number of benzene rings is 1. The standard InChI is InChI=1S/C19H22N4O4/c1-10(2)16(23-17(24)15-5-4-8-27-15)18(25)20-11(3)12-6-7-13-14(9-12)22-19(26)21-13/h4-11,16H,1-3H3,(H,20,25)(H,23,24)(H2,21,22,26)/t11-,16-/m1/s1. The molecule has 142 valence electrons. The Morgan fingerprint density at radius 1 is 1.04 bits per heavy atom. The van der Waals surface area contributed by atoms with Crippen LogP contribution in [0.2, 0.25) is 0 Å². The molecule has 4 N–H and O–H groups in total. The Kier molecular flexibility index (Phi) is 5.16. The van der Waals surface area contributed by atoms with E-state index in [1.165, 1.54) is 6.26 Å². The van der Waals surface area contributed by atoms with Crippen molar-refractivity contribution in [2.24, 2.45) is 5.92 Å². The number of aromatic amines is 2. The van der Waals surface area contributed by atoms with Crippen LogP contribution in [-0.2, 0) is 4.79 Å². The Labute approximate surface area is 155 Å². The molecule has 0 bridgehead atoms. The normalized spacial score (nSPS) is 13.5. The van der Waals surface area contributed by atoms with E-state index in [1.54, 1.807) is 18.2 Å². The highest BCUT2D eigenvalue weighted by Crippen LogP contribution is 2.17. The largest absolute Gasteiger partial charge is 0.459 e. The summed E-state index contributed by atoms with van der Waals surface area (Å²) < 4.78 is 5.07. The van der Waals surface area contributed by atoms with Gasteiger partial charge in [-0.15, -0.1) is 0 Å². The first-order chi connectivity index (χ1) is 12.8. The molecule has 8 heteroatoms. The third kappa shape index (κ3) is 4.11. The molecule has 3 rings (SSSR count). The van der Waals surface area contributed by atoms with Crippen LogP contribution >= 0.6 is 0 Å². The lowest BCUT2D eigenvalue weighted by Crippen LogP contribution is -2.50. The number of nitrogens with one attached hydrogen (secondary N) is 4. The van der Waals surface area contributed by atoms with E-state index in [0.717, 1.165) is 5.56 Å². The van der Waals surface area contributed by atoms with Crippen LogP contribution in [0.25, 0.3) is 11.0 Å². The number of aromatic nitrogens is 2. The van der Waals surface area contributed by atoms with E-state index in [9.17, 15) is 14.4 Å². The Bertz CT molecular complexity index is 1000. The first-order valence-electron chi connectivity index (χ1n) is 8.72. The van der Waals surface area contributed by atoms with Crippen molar-refractivity contribution in [1.82, 2.24) is 20.6 Å². The number of fused-ring (bicyclic) bond motifs is 1. The first kappa shape index (κ1) is 18.5. The van der Waals surface area contributed by atoms with Crippen molar-refractivity contribution in [3.63, 3.8) is 0 Å². The lowest BCUT2D eigenvalue weighted by atomic mass is 10.0. The van der Waals surface area contributed by atoms with Crippen LogP contribution in [0.5, 0.6) is 0 Å². The highest BCUT2D eigenvalue weighted by molar-refractivity contribution is 5.95. The lowest BCUT2D eigenvalue weighted by molar-refractivity contribution is -0.124. The van der Waals surface area contributed by atoms with Crippen LogP contribution in [0.1, 0.15) is 42.9 Å². The number of furan rings is 1.